The minimum Gasteiger partial charge on any atom is -0.493 e. The number of alkyl halides is 2. The van der Waals surface area contributed by atoms with Crippen molar-refractivity contribution in [2.75, 3.05) is 14.2 Å². The quantitative estimate of drug-likeness (QED) is 0.211. The van der Waals surface area contributed by atoms with Crippen LogP contribution in [-0.4, -0.2) is 31.3 Å². The monoisotopic (exact) mass is 529 g/mol. The molecule has 6 rings (SSSR count). The molecule has 0 bridgehead atoms. The van der Waals surface area contributed by atoms with Crippen LogP contribution in [0.1, 0.15) is 15.9 Å². The molecule has 0 amide bonds. The lowest BCUT2D eigenvalue weighted by atomic mass is 9.97. The SMILES string of the molecule is COc1cc2nccc(Oc3ccc4c(C(=O)Cc5cccc6c5OC(F)(F)O6)cccc4c3)c2cc1OC. The number of para-hydroxylation sites is 1. The third kappa shape index (κ3) is 4.52. The largest absolute Gasteiger partial charge is 0.586 e. The van der Waals surface area contributed by atoms with E-state index in [1.165, 1.54) is 6.07 Å². The maximum Gasteiger partial charge on any atom is 0.586 e. The highest BCUT2D eigenvalue weighted by Gasteiger charge is 2.44. The maximum absolute atomic E-state index is 13.6. The summed E-state index contributed by atoms with van der Waals surface area (Å²) in [4.78, 5) is 17.7. The average molecular weight is 529 g/mol. The van der Waals surface area contributed by atoms with Crippen LogP contribution in [0.5, 0.6) is 34.5 Å². The van der Waals surface area contributed by atoms with Crippen molar-refractivity contribution in [3.8, 4) is 34.5 Å². The summed E-state index contributed by atoms with van der Waals surface area (Å²) in [5.41, 5.74) is 1.45. The summed E-state index contributed by atoms with van der Waals surface area (Å²) in [6.07, 6.45) is -2.24. The van der Waals surface area contributed by atoms with Crippen LogP contribution >= 0.6 is 0 Å². The molecule has 0 radical (unpaired) electrons. The molecule has 1 aromatic heterocycles. The van der Waals surface area contributed by atoms with Crippen LogP contribution in [0.25, 0.3) is 21.7 Å². The standard InChI is InChI=1S/C30H21F2NO6/c1-35-27-15-22-23(16-28(27)36-2)33-12-11-25(22)37-19-9-10-20-17(13-19)5-3-7-21(20)24(34)14-18-6-4-8-26-29(18)39-30(31,32)38-26/h3-13,15-16H,14H2,1-2H3. The lowest BCUT2D eigenvalue weighted by Gasteiger charge is -2.13. The van der Waals surface area contributed by atoms with E-state index in [4.69, 9.17) is 14.2 Å². The molecule has 5 aromatic rings. The number of fused-ring (bicyclic) bond motifs is 3. The third-order valence-electron chi connectivity index (χ3n) is 6.45. The Bertz CT molecular complexity index is 1750. The number of benzene rings is 4. The highest BCUT2D eigenvalue weighted by atomic mass is 19.3. The van der Waals surface area contributed by atoms with E-state index in [9.17, 15) is 13.6 Å². The van der Waals surface area contributed by atoms with Crippen LogP contribution < -0.4 is 23.7 Å². The first-order valence-corrected chi connectivity index (χ1v) is 12.0. The first kappa shape index (κ1) is 24.4. The number of carbonyl (C=O) groups is 1. The highest BCUT2D eigenvalue weighted by molar-refractivity contribution is 6.09. The molecule has 0 spiro atoms. The van der Waals surface area contributed by atoms with Gasteiger partial charge in [0.25, 0.3) is 0 Å². The van der Waals surface area contributed by atoms with Crippen LogP contribution in [0.4, 0.5) is 8.78 Å². The normalized spacial score (nSPS) is 13.4. The van der Waals surface area contributed by atoms with Gasteiger partial charge in [0.2, 0.25) is 0 Å². The van der Waals surface area contributed by atoms with Crippen molar-refractivity contribution in [1.82, 2.24) is 4.98 Å². The first-order valence-electron chi connectivity index (χ1n) is 12.0. The molecular formula is C30H21F2NO6. The number of aromatic nitrogens is 1. The van der Waals surface area contributed by atoms with E-state index in [0.29, 0.717) is 45.0 Å². The Hall–Kier alpha value is -4.92. The Balaban J connectivity index is 1.30. The highest BCUT2D eigenvalue weighted by Crippen LogP contribution is 2.44. The van der Waals surface area contributed by atoms with Crippen molar-refractivity contribution in [3.63, 3.8) is 0 Å². The number of ether oxygens (including phenoxy) is 5. The molecule has 0 saturated carbocycles. The topological polar surface area (TPSA) is 76.1 Å². The van der Waals surface area contributed by atoms with Crippen LogP contribution in [0.2, 0.25) is 0 Å². The molecule has 196 valence electrons. The van der Waals surface area contributed by atoms with Crippen molar-refractivity contribution in [1.29, 1.82) is 0 Å². The van der Waals surface area contributed by atoms with E-state index < -0.39 is 6.29 Å². The summed E-state index contributed by atoms with van der Waals surface area (Å²) in [7, 11) is 3.12. The smallest absolute Gasteiger partial charge is 0.493 e. The van der Waals surface area contributed by atoms with Gasteiger partial charge in [-0.05, 0) is 47.2 Å². The van der Waals surface area contributed by atoms with Gasteiger partial charge in [0.05, 0.1) is 19.7 Å². The van der Waals surface area contributed by atoms with Gasteiger partial charge in [-0.2, -0.15) is 0 Å². The molecule has 0 unspecified atom stereocenters. The molecule has 0 saturated heterocycles. The molecule has 39 heavy (non-hydrogen) atoms. The van der Waals surface area contributed by atoms with E-state index >= 15 is 0 Å². The van der Waals surface area contributed by atoms with Crippen molar-refractivity contribution in [2.24, 2.45) is 0 Å². The third-order valence-corrected chi connectivity index (χ3v) is 6.45. The van der Waals surface area contributed by atoms with Gasteiger partial charge in [-0.3, -0.25) is 9.78 Å². The molecule has 4 aromatic carbocycles. The average Bonchev–Trinajstić information content (AvgIpc) is 3.26. The van der Waals surface area contributed by atoms with E-state index in [1.807, 2.05) is 12.1 Å². The van der Waals surface area contributed by atoms with Crippen molar-refractivity contribution < 1.29 is 37.3 Å². The van der Waals surface area contributed by atoms with Crippen molar-refractivity contribution in [3.05, 3.63) is 90.1 Å². The van der Waals surface area contributed by atoms with Gasteiger partial charge in [0, 0.05) is 35.2 Å². The number of rotatable bonds is 7. The van der Waals surface area contributed by atoms with Gasteiger partial charge >= 0.3 is 6.29 Å². The molecule has 0 aliphatic carbocycles. The van der Waals surface area contributed by atoms with Crippen LogP contribution in [0.3, 0.4) is 0 Å². The molecule has 0 fully saturated rings. The second-order valence-corrected chi connectivity index (χ2v) is 8.84. The molecule has 7 nitrogen and oxygen atoms in total. The van der Waals surface area contributed by atoms with Crippen molar-refractivity contribution in [2.45, 2.75) is 12.7 Å². The van der Waals surface area contributed by atoms with E-state index in [1.54, 1.807) is 75.0 Å². The zero-order valence-corrected chi connectivity index (χ0v) is 20.9. The predicted octanol–water partition coefficient (Wildman–Crippen LogP) is 6.94. The summed E-state index contributed by atoms with van der Waals surface area (Å²) in [6.45, 7) is 0. The molecule has 2 heterocycles. The minimum absolute atomic E-state index is 0.0929. The zero-order chi connectivity index (χ0) is 27.1. The second-order valence-electron chi connectivity index (χ2n) is 8.84. The van der Waals surface area contributed by atoms with Gasteiger partial charge in [-0.25, -0.2) is 0 Å². The van der Waals surface area contributed by atoms with Crippen molar-refractivity contribution >= 4 is 27.5 Å². The summed E-state index contributed by atoms with van der Waals surface area (Å²) >= 11 is 0. The van der Waals surface area contributed by atoms with Crippen LogP contribution in [0.15, 0.2) is 79.0 Å². The van der Waals surface area contributed by atoms with Gasteiger partial charge < -0.3 is 23.7 Å². The molecule has 1 aliphatic rings. The number of ketones is 1. The summed E-state index contributed by atoms with van der Waals surface area (Å²) < 4.78 is 53.3. The molecule has 1 aliphatic heterocycles. The number of Topliss-reactive ketones (excluding diaryl/α,β-unsaturated/α-hetero) is 1. The van der Waals surface area contributed by atoms with E-state index in [0.717, 1.165) is 10.8 Å². The van der Waals surface area contributed by atoms with Gasteiger partial charge in [0.1, 0.15) is 11.5 Å². The Morgan fingerprint density at radius 1 is 0.872 bits per heavy atom. The molecule has 9 heteroatoms. The minimum atomic E-state index is -3.76. The lowest BCUT2D eigenvalue weighted by molar-refractivity contribution is -0.286. The van der Waals surface area contributed by atoms with Gasteiger partial charge in [-0.1, -0.05) is 30.3 Å². The summed E-state index contributed by atoms with van der Waals surface area (Å²) in [5.74, 6) is 1.78. The van der Waals surface area contributed by atoms with Gasteiger partial charge in [0.15, 0.2) is 28.8 Å². The zero-order valence-electron chi connectivity index (χ0n) is 20.9. The summed E-state index contributed by atoms with van der Waals surface area (Å²) in [6, 6.07) is 20.6. The Morgan fingerprint density at radius 3 is 2.49 bits per heavy atom. The molecule has 0 N–H and O–H groups in total. The predicted molar refractivity (Wildman–Crippen MR) is 140 cm³/mol. The number of hydrogen-bond donors (Lipinski definition) is 0. The van der Waals surface area contributed by atoms with Gasteiger partial charge in [-0.15, -0.1) is 8.78 Å². The number of carbonyl (C=O) groups excluding carboxylic acids is 1. The molecule has 0 atom stereocenters. The maximum atomic E-state index is 13.6. The number of methoxy groups -OCH3 is 2. The lowest BCUT2D eigenvalue weighted by Crippen LogP contribution is -2.26. The fourth-order valence-electron chi connectivity index (χ4n) is 4.66. The number of halogens is 2. The van der Waals surface area contributed by atoms with E-state index in [2.05, 4.69) is 14.5 Å². The van der Waals surface area contributed by atoms with Crippen LogP contribution in [-0.2, 0) is 6.42 Å². The fourth-order valence-corrected chi connectivity index (χ4v) is 4.66. The van der Waals surface area contributed by atoms with Crippen LogP contribution in [0, 0.1) is 0 Å². The summed E-state index contributed by atoms with van der Waals surface area (Å²) in [5, 5.41) is 2.22. The first-order chi connectivity index (χ1) is 18.8. The van der Waals surface area contributed by atoms with E-state index in [-0.39, 0.29) is 23.7 Å². The number of hydrogen-bond acceptors (Lipinski definition) is 7. The Labute approximate surface area is 221 Å². The second kappa shape index (κ2) is 9.43. The number of pyridine rings is 1. The Morgan fingerprint density at radius 2 is 1.67 bits per heavy atom. The number of nitrogens with zero attached hydrogens (tertiary/aromatic N) is 1. The Kier molecular flexibility index (Phi) is 5.91. The fraction of sp³-hybridized carbons (Fsp3) is 0.133. The molecular weight excluding hydrogens is 508 g/mol.